The first kappa shape index (κ1) is 19.5. The van der Waals surface area contributed by atoms with Gasteiger partial charge in [-0.2, -0.15) is 5.26 Å². The Labute approximate surface area is 165 Å². The zero-order valence-corrected chi connectivity index (χ0v) is 16.2. The number of nitriles is 1. The number of aromatic nitrogens is 3. The molecule has 8 heteroatoms. The minimum atomic E-state index is -1.09. The monoisotopic (exact) mass is 391 g/mol. The predicted molar refractivity (Wildman–Crippen MR) is 108 cm³/mol. The van der Waals surface area contributed by atoms with Gasteiger partial charge in [-0.3, -0.25) is 9.59 Å². The van der Waals surface area contributed by atoms with Crippen LogP contribution in [0.4, 0.5) is 0 Å². The van der Waals surface area contributed by atoms with Crippen molar-refractivity contribution in [2.24, 2.45) is 5.92 Å². The number of para-hydroxylation sites is 1. The van der Waals surface area contributed by atoms with Crippen molar-refractivity contribution in [3.8, 4) is 11.9 Å². The summed E-state index contributed by atoms with van der Waals surface area (Å²) in [5.74, 6) is -1.15. The van der Waals surface area contributed by atoms with E-state index >= 15 is 0 Å². The van der Waals surface area contributed by atoms with Crippen molar-refractivity contribution in [1.29, 1.82) is 10.7 Å². The van der Waals surface area contributed by atoms with Gasteiger partial charge in [0.05, 0.1) is 22.7 Å². The lowest BCUT2D eigenvalue weighted by atomic mass is 10.0. The maximum atomic E-state index is 13.1. The van der Waals surface area contributed by atoms with E-state index in [1.54, 1.807) is 36.4 Å². The summed E-state index contributed by atoms with van der Waals surface area (Å²) in [6, 6.07) is 14.1. The molecule has 0 aliphatic heterocycles. The minimum absolute atomic E-state index is 0.00249. The Morgan fingerprint density at radius 1 is 1.25 bits per heavy atom. The van der Waals surface area contributed by atoms with Gasteiger partial charge in [-0.25, -0.2) is 14.5 Å². The fourth-order valence-corrected chi connectivity index (χ4v) is 3.60. The summed E-state index contributed by atoms with van der Waals surface area (Å²) in [6.45, 7) is 3.25. The Balaban J connectivity index is 2.09. The van der Waals surface area contributed by atoms with Gasteiger partial charge in [0.15, 0.2) is 10.9 Å². The molecule has 1 aromatic carbocycles. The molecule has 140 valence electrons. The first-order valence-electron chi connectivity index (χ1n) is 8.48. The van der Waals surface area contributed by atoms with Gasteiger partial charge in [-0.1, -0.05) is 30.0 Å². The van der Waals surface area contributed by atoms with E-state index in [1.807, 2.05) is 19.1 Å². The lowest BCUT2D eigenvalue weighted by molar-refractivity contribution is -0.117. The van der Waals surface area contributed by atoms with Crippen molar-refractivity contribution < 1.29 is 4.79 Å². The predicted octanol–water partition coefficient (Wildman–Crippen LogP) is 2.93. The normalized spacial score (nSPS) is 11.8. The van der Waals surface area contributed by atoms with Gasteiger partial charge < -0.3 is 5.41 Å². The number of aryl methyl sites for hydroxylation is 1. The average molecular weight is 391 g/mol. The van der Waals surface area contributed by atoms with E-state index in [4.69, 9.17) is 10.7 Å². The van der Waals surface area contributed by atoms with Crippen LogP contribution in [0.5, 0.6) is 0 Å². The van der Waals surface area contributed by atoms with Crippen molar-refractivity contribution in [2.75, 3.05) is 5.75 Å². The number of rotatable bonds is 6. The van der Waals surface area contributed by atoms with Crippen molar-refractivity contribution in [3.63, 3.8) is 0 Å². The molecule has 0 fully saturated rings. The number of Topliss-reactive ketones (excluding diaryl/α,β-unsaturated/α-hetero) is 1. The van der Waals surface area contributed by atoms with Crippen LogP contribution in [-0.2, 0) is 4.79 Å². The molecule has 0 amide bonds. The number of fused-ring (bicyclic) bond motifs is 1. The molecule has 0 radical (unpaired) electrons. The number of nitrogens with one attached hydrogen (secondary N) is 1. The van der Waals surface area contributed by atoms with Crippen LogP contribution in [0.3, 0.4) is 0 Å². The number of hydrogen-bond donors (Lipinski definition) is 1. The molecule has 0 saturated carbocycles. The first-order valence-corrected chi connectivity index (χ1v) is 9.47. The average Bonchev–Trinajstić information content (AvgIpc) is 2.66. The van der Waals surface area contributed by atoms with E-state index in [2.05, 4.69) is 9.97 Å². The van der Waals surface area contributed by atoms with E-state index in [-0.39, 0.29) is 17.0 Å². The molecule has 0 aliphatic rings. The molecule has 0 spiro atoms. The molecule has 2 heterocycles. The summed E-state index contributed by atoms with van der Waals surface area (Å²) >= 11 is 1.06. The third kappa shape index (κ3) is 3.85. The van der Waals surface area contributed by atoms with E-state index in [0.717, 1.165) is 17.5 Å². The minimum Gasteiger partial charge on any atom is -0.308 e. The van der Waals surface area contributed by atoms with Crippen LogP contribution in [-0.4, -0.2) is 31.8 Å². The van der Waals surface area contributed by atoms with Gasteiger partial charge >= 0.3 is 0 Å². The molecule has 0 unspecified atom stereocenters. The van der Waals surface area contributed by atoms with Gasteiger partial charge in [-0.05, 0) is 38.1 Å². The zero-order chi connectivity index (χ0) is 20.3. The smallest absolute Gasteiger partial charge is 0.267 e. The molecular weight excluding hydrogens is 374 g/mol. The van der Waals surface area contributed by atoms with Gasteiger partial charge in [0, 0.05) is 11.4 Å². The Morgan fingerprint density at radius 2 is 2.00 bits per heavy atom. The van der Waals surface area contributed by atoms with Crippen LogP contribution in [0.25, 0.3) is 16.7 Å². The quantitative estimate of drug-likeness (QED) is 0.393. The molecule has 3 rings (SSSR count). The van der Waals surface area contributed by atoms with Crippen LogP contribution < -0.4 is 5.56 Å². The Hall–Kier alpha value is -3.31. The van der Waals surface area contributed by atoms with Gasteiger partial charge in [0.25, 0.3) is 5.56 Å². The van der Waals surface area contributed by atoms with Crippen LogP contribution in [0, 0.1) is 29.6 Å². The second kappa shape index (κ2) is 8.15. The van der Waals surface area contributed by atoms with Crippen LogP contribution in [0.15, 0.2) is 52.4 Å². The number of ketones is 1. The number of pyridine rings is 1. The third-order valence-corrected chi connectivity index (χ3v) is 5.04. The van der Waals surface area contributed by atoms with E-state index in [1.165, 1.54) is 11.5 Å². The standard InChI is InChI=1S/C20H17N5O2S/c1-12-6-5-9-18(23-12)25-19(27)14-7-3-4-8-16(14)24-20(25)28-11-17(26)15(10-21)13(2)22/h3-9,15,22H,11H2,1-2H3/t15-/m1/s1. The largest absolute Gasteiger partial charge is 0.308 e. The Morgan fingerprint density at radius 3 is 2.68 bits per heavy atom. The molecule has 28 heavy (non-hydrogen) atoms. The summed E-state index contributed by atoms with van der Waals surface area (Å²) in [5, 5.41) is 17.4. The highest BCUT2D eigenvalue weighted by Crippen LogP contribution is 2.21. The second-order valence-electron chi connectivity index (χ2n) is 6.19. The number of benzene rings is 1. The summed E-state index contributed by atoms with van der Waals surface area (Å²) < 4.78 is 1.38. The SMILES string of the molecule is CC(=N)[C@@H](C#N)C(=O)CSc1nc2ccccc2c(=O)n1-c1cccc(C)n1. The number of nitrogens with zero attached hydrogens (tertiary/aromatic N) is 4. The van der Waals surface area contributed by atoms with Gasteiger partial charge in [0.2, 0.25) is 0 Å². The van der Waals surface area contributed by atoms with Crippen LogP contribution in [0.1, 0.15) is 12.6 Å². The molecule has 0 bridgehead atoms. The molecule has 7 nitrogen and oxygen atoms in total. The Bertz CT molecular complexity index is 1180. The van der Waals surface area contributed by atoms with Crippen molar-refractivity contribution >= 4 is 34.2 Å². The first-order chi connectivity index (χ1) is 13.4. The summed E-state index contributed by atoms with van der Waals surface area (Å²) in [4.78, 5) is 34.4. The second-order valence-corrected chi connectivity index (χ2v) is 7.13. The summed E-state index contributed by atoms with van der Waals surface area (Å²) in [5.41, 5.74) is 0.982. The lowest BCUT2D eigenvalue weighted by Gasteiger charge is -2.13. The highest BCUT2D eigenvalue weighted by molar-refractivity contribution is 7.99. The van der Waals surface area contributed by atoms with Crippen LogP contribution in [0.2, 0.25) is 0 Å². The van der Waals surface area contributed by atoms with Crippen molar-refractivity contribution in [2.45, 2.75) is 19.0 Å². The lowest BCUT2D eigenvalue weighted by Crippen LogP contribution is -2.25. The maximum Gasteiger partial charge on any atom is 0.267 e. The van der Waals surface area contributed by atoms with Gasteiger partial charge in [-0.15, -0.1) is 0 Å². The number of thioether (sulfide) groups is 1. The topological polar surface area (TPSA) is 112 Å². The van der Waals surface area contributed by atoms with Crippen LogP contribution >= 0.6 is 11.8 Å². The molecular formula is C20H17N5O2S. The zero-order valence-electron chi connectivity index (χ0n) is 15.3. The van der Waals surface area contributed by atoms with Crippen molar-refractivity contribution in [3.05, 3.63) is 58.5 Å². The maximum absolute atomic E-state index is 13.1. The molecule has 0 aliphatic carbocycles. The molecule has 0 saturated heterocycles. The summed E-state index contributed by atoms with van der Waals surface area (Å²) in [6.07, 6.45) is 0. The third-order valence-electron chi connectivity index (χ3n) is 4.08. The Kier molecular flexibility index (Phi) is 5.66. The molecule has 1 atom stereocenters. The van der Waals surface area contributed by atoms with E-state index < -0.39 is 11.7 Å². The molecule has 2 aromatic heterocycles. The van der Waals surface area contributed by atoms with E-state index in [9.17, 15) is 9.59 Å². The number of carbonyl (C=O) groups excluding carboxylic acids is 1. The number of hydrogen-bond acceptors (Lipinski definition) is 7. The number of carbonyl (C=O) groups is 1. The highest BCUT2D eigenvalue weighted by Gasteiger charge is 2.22. The highest BCUT2D eigenvalue weighted by atomic mass is 32.2. The van der Waals surface area contributed by atoms with Gasteiger partial charge in [0.1, 0.15) is 11.7 Å². The summed E-state index contributed by atoms with van der Waals surface area (Å²) in [7, 11) is 0. The van der Waals surface area contributed by atoms with E-state index in [0.29, 0.717) is 21.9 Å². The molecule has 3 aromatic rings. The fraction of sp³-hybridized carbons (Fsp3) is 0.200. The molecule has 1 N–H and O–H groups in total. The van der Waals surface area contributed by atoms with Crippen molar-refractivity contribution in [1.82, 2.24) is 14.5 Å². The fourth-order valence-electron chi connectivity index (χ4n) is 2.69.